The van der Waals surface area contributed by atoms with Crippen molar-refractivity contribution in [1.82, 2.24) is 10.0 Å². The lowest BCUT2D eigenvalue weighted by molar-refractivity contribution is 0.401. The SMILES string of the molecule is CNCc1ccc(S(=O)(=O)NC(C)C)c(OC)c1. The molecule has 18 heavy (non-hydrogen) atoms. The highest BCUT2D eigenvalue weighted by Gasteiger charge is 2.20. The van der Waals surface area contributed by atoms with E-state index in [1.54, 1.807) is 32.0 Å². The third-order valence-corrected chi connectivity index (χ3v) is 3.99. The molecule has 0 atom stereocenters. The number of benzene rings is 1. The molecule has 0 spiro atoms. The van der Waals surface area contributed by atoms with Gasteiger partial charge in [0.2, 0.25) is 10.0 Å². The minimum atomic E-state index is -3.53. The van der Waals surface area contributed by atoms with Crippen LogP contribution in [0.1, 0.15) is 19.4 Å². The van der Waals surface area contributed by atoms with Gasteiger partial charge in [0.1, 0.15) is 10.6 Å². The first-order valence-electron chi connectivity index (χ1n) is 5.74. The van der Waals surface area contributed by atoms with Gasteiger partial charge in [-0.2, -0.15) is 0 Å². The molecule has 0 amide bonds. The van der Waals surface area contributed by atoms with Crippen LogP contribution in [0.5, 0.6) is 5.75 Å². The number of ether oxygens (including phenoxy) is 1. The van der Waals surface area contributed by atoms with Crippen molar-refractivity contribution >= 4 is 10.0 Å². The normalized spacial score (nSPS) is 11.8. The Kier molecular flexibility index (Phi) is 5.13. The van der Waals surface area contributed by atoms with Crippen LogP contribution in [0.25, 0.3) is 0 Å². The fourth-order valence-electron chi connectivity index (χ4n) is 1.62. The fraction of sp³-hybridized carbons (Fsp3) is 0.500. The Hall–Kier alpha value is -1.11. The summed E-state index contributed by atoms with van der Waals surface area (Å²) in [6.45, 7) is 4.22. The van der Waals surface area contributed by atoms with E-state index in [2.05, 4.69) is 10.0 Å². The molecule has 0 aromatic heterocycles. The Bertz CT molecular complexity index is 498. The van der Waals surface area contributed by atoms with Gasteiger partial charge < -0.3 is 10.1 Å². The molecule has 0 bridgehead atoms. The summed E-state index contributed by atoms with van der Waals surface area (Å²) in [5.74, 6) is 0.357. The third-order valence-electron chi connectivity index (χ3n) is 2.29. The topological polar surface area (TPSA) is 67.4 Å². The molecule has 102 valence electrons. The standard InChI is InChI=1S/C12H20N2O3S/c1-9(2)14-18(15,16)12-6-5-10(8-13-3)7-11(12)17-4/h5-7,9,13-14H,8H2,1-4H3. The average molecular weight is 272 g/mol. The van der Waals surface area contributed by atoms with Gasteiger partial charge in [0, 0.05) is 12.6 Å². The zero-order valence-corrected chi connectivity index (χ0v) is 12.0. The second-order valence-corrected chi connectivity index (χ2v) is 5.97. The van der Waals surface area contributed by atoms with E-state index in [9.17, 15) is 8.42 Å². The maximum Gasteiger partial charge on any atom is 0.244 e. The average Bonchev–Trinajstić information content (AvgIpc) is 2.27. The molecule has 0 radical (unpaired) electrons. The van der Waals surface area contributed by atoms with Crippen LogP contribution in [-0.2, 0) is 16.6 Å². The Morgan fingerprint density at radius 2 is 2.00 bits per heavy atom. The van der Waals surface area contributed by atoms with E-state index in [0.717, 1.165) is 5.56 Å². The summed E-state index contributed by atoms with van der Waals surface area (Å²) in [6.07, 6.45) is 0. The van der Waals surface area contributed by atoms with E-state index in [-0.39, 0.29) is 10.9 Å². The molecule has 6 heteroatoms. The fourth-order valence-corrected chi connectivity index (χ4v) is 3.02. The van der Waals surface area contributed by atoms with Gasteiger partial charge in [-0.1, -0.05) is 6.07 Å². The van der Waals surface area contributed by atoms with Crippen molar-refractivity contribution in [1.29, 1.82) is 0 Å². The van der Waals surface area contributed by atoms with E-state index in [4.69, 9.17) is 4.74 Å². The molecule has 1 aromatic carbocycles. The number of methoxy groups -OCH3 is 1. The number of hydrogen-bond acceptors (Lipinski definition) is 4. The van der Waals surface area contributed by atoms with Crippen LogP contribution in [0.3, 0.4) is 0 Å². The smallest absolute Gasteiger partial charge is 0.244 e. The third kappa shape index (κ3) is 3.69. The van der Waals surface area contributed by atoms with Gasteiger partial charge in [0.25, 0.3) is 0 Å². The first-order valence-corrected chi connectivity index (χ1v) is 7.23. The lowest BCUT2D eigenvalue weighted by Gasteiger charge is -2.13. The molecule has 0 heterocycles. The summed E-state index contributed by atoms with van der Waals surface area (Å²) in [4.78, 5) is 0.165. The molecular weight excluding hydrogens is 252 g/mol. The highest BCUT2D eigenvalue weighted by molar-refractivity contribution is 7.89. The number of hydrogen-bond donors (Lipinski definition) is 2. The molecular formula is C12H20N2O3S. The van der Waals surface area contributed by atoms with Crippen LogP contribution < -0.4 is 14.8 Å². The summed E-state index contributed by atoms with van der Waals surface area (Å²) in [7, 11) is -0.233. The van der Waals surface area contributed by atoms with Crippen molar-refractivity contribution < 1.29 is 13.2 Å². The molecule has 0 aliphatic heterocycles. The van der Waals surface area contributed by atoms with E-state index in [1.807, 2.05) is 7.05 Å². The Balaban J connectivity index is 3.16. The van der Waals surface area contributed by atoms with Crippen molar-refractivity contribution in [2.75, 3.05) is 14.2 Å². The summed E-state index contributed by atoms with van der Waals surface area (Å²) in [5, 5.41) is 3.01. The van der Waals surface area contributed by atoms with Crippen molar-refractivity contribution in [3.05, 3.63) is 23.8 Å². The van der Waals surface area contributed by atoms with Crippen LogP contribution in [-0.4, -0.2) is 28.6 Å². The Morgan fingerprint density at radius 3 is 2.50 bits per heavy atom. The molecule has 0 saturated carbocycles. The monoisotopic (exact) mass is 272 g/mol. The van der Waals surface area contributed by atoms with Crippen LogP contribution in [0.4, 0.5) is 0 Å². The predicted octanol–water partition coefficient (Wildman–Crippen LogP) is 1.10. The van der Waals surface area contributed by atoms with Crippen molar-refractivity contribution in [3.63, 3.8) is 0 Å². The van der Waals surface area contributed by atoms with Crippen LogP contribution in [0.15, 0.2) is 23.1 Å². The summed E-state index contributed by atoms with van der Waals surface area (Å²) in [6, 6.07) is 4.91. The van der Waals surface area contributed by atoms with E-state index in [0.29, 0.717) is 12.3 Å². The second-order valence-electron chi connectivity index (χ2n) is 4.29. The molecule has 5 nitrogen and oxygen atoms in total. The highest BCUT2D eigenvalue weighted by Crippen LogP contribution is 2.25. The van der Waals surface area contributed by atoms with Crippen molar-refractivity contribution in [2.45, 2.75) is 31.3 Å². The van der Waals surface area contributed by atoms with Gasteiger partial charge in [-0.05, 0) is 38.6 Å². The number of nitrogens with one attached hydrogen (secondary N) is 2. The minimum Gasteiger partial charge on any atom is -0.495 e. The van der Waals surface area contributed by atoms with Crippen LogP contribution in [0.2, 0.25) is 0 Å². The summed E-state index contributed by atoms with van der Waals surface area (Å²) >= 11 is 0. The van der Waals surface area contributed by atoms with Crippen molar-refractivity contribution in [3.8, 4) is 5.75 Å². The van der Waals surface area contributed by atoms with Crippen molar-refractivity contribution in [2.24, 2.45) is 0 Å². The Morgan fingerprint density at radius 1 is 1.33 bits per heavy atom. The molecule has 0 saturated heterocycles. The zero-order chi connectivity index (χ0) is 13.8. The first kappa shape index (κ1) is 14.9. The zero-order valence-electron chi connectivity index (χ0n) is 11.1. The molecule has 2 N–H and O–H groups in total. The van der Waals surface area contributed by atoms with Gasteiger partial charge in [0.15, 0.2) is 0 Å². The quantitative estimate of drug-likeness (QED) is 0.814. The molecule has 0 fully saturated rings. The van der Waals surface area contributed by atoms with Gasteiger partial charge in [-0.15, -0.1) is 0 Å². The van der Waals surface area contributed by atoms with Gasteiger partial charge in [-0.3, -0.25) is 0 Å². The molecule has 0 aliphatic carbocycles. The van der Waals surface area contributed by atoms with Gasteiger partial charge in [0.05, 0.1) is 7.11 Å². The largest absolute Gasteiger partial charge is 0.495 e. The second kappa shape index (κ2) is 6.17. The number of rotatable bonds is 6. The van der Waals surface area contributed by atoms with Gasteiger partial charge >= 0.3 is 0 Å². The molecule has 1 rings (SSSR count). The summed E-state index contributed by atoms with van der Waals surface area (Å²) in [5.41, 5.74) is 0.970. The van der Waals surface area contributed by atoms with E-state index >= 15 is 0 Å². The molecule has 1 aromatic rings. The predicted molar refractivity (Wildman–Crippen MR) is 71.2 cm³/mol. The van der Waals surface area contributed by atoms with E-state index in [1.165, 1.54) is 7.11 Å². The van der Waals surface area contributed by atoms with E-state index < -0.39 is 10.0 Å². The lowest BCUT2D eigenvalue weighted by atomic mass is 10.2. The van der Waals surface area contributed by atoms with Gasteiger partial charge in [-0.25, -0.2) is 13.1 Å². The lowest BCUT2D eigenvalue weighted by Crippen LogP contribution is -2.30. The minimum absolute atomic E-state index is 0.156. The maximum atomic E-state index is 12.1. The van der Waals surface area contributed by atoms with Crippen LogP contribution in [0, 0.1) is 0 Å². The highest BCUT2D eigenvalue weighted by atomic mass is 32.2. The number of sulfonamides is 1. The van der Waals surface area contributed by atoms with Crippen LogP contribution >= 0.6 is 0 Å². The maximum absolute atomic E-state index is 12.1. The molecule has 0 unspecified atom stereocenters. The Labute approximate surface area is 109 Å². The first-order chi connectivity index (χ1) is 8.40. The molecule has 0 aliphatic rings. The summed E-state index contributed by atoms with van der Waals surface area (Å²) < 4.78 is 31.9.